The van der Waals surface area contributed by atoms with E-state index in [9.17, 15) is 9.59 Å². The van der Waals surface area contributed by atoms with Crippen LogP contribution in [0.1, 0.15) is 16.1 Å². The van der Waals surface area contributed by atoms with Crippen LogP contribution in [0.4, 0.5) is 4.79 Å². The van der Waals surface area contributed by atoms with Crippen molar-refractivity contribution in [1.29, 1.82) is 0 Å². The fourth-order valence-corrected chi connectivity index (χ4v) is 1.73. The molecule has 0 saturated heterocycles. The average molecular weight is 292 g/mol. The van der Waals surface area contributed by atoms with Crippen molar-refractivity contribution in [3.05, 3.63) is 36.2 Å². The zero-order valence-corrected chi connectivity index (χ0v) is 11.5. The van der Waals surface area contributed by atoms with E-state index in [0.717, 1.165) is 5.56 Å². The van der Waals surface area contributed by atoms with Gasteiger partial charge in [-0.1, -0.05) is 0 Å². The van der Waals surface area contributed by atoms with Crippen molar-refractivity contribution < 1.29 is 14.7 Å². The first-order valence-corrected chi connectivity index (χ1v) is 6.28. The molecule has 0 fully saturated rings. The van der Waals surface area contributed by atoms with Gasteiger partial charge in [0, 0.05) is 38.1 Å². The van der Waals surface area contributed by atoms with Gasteiger partial charge in [-0.05, 0) is 0 Å². The summed E-state index contributed by atoms with van der Waals surface area (Å²) in [6.07, 6.45) is 6.22. The van der Waals surface area contributed by atoms with Gasteiger partial charge in [0.1, 0.15) is 0 Å². The Morgan fingerprint density at radius 3 is 2.95 bits per heavy atom. The highest BCUT2D eigenvalue weighted by Gasteiger charge is 2.10. The van der Waals surface area contributed by atoms with E-state index in [0.29, 0.717) is 19.6 Å². The lowest BCUT2D eigenvalue weighted by atomic mass is 10.3. The SMILES string of the molecule is CN(Cc1cn[nH]c1)C(=O)NCCn1cnc(C(=O)O)c1. The smallest absolute Gasteiger partial charge is 0.356 e. The monoisotopic (exact) mass is 292 g/mol. The highest BCUT2D eigenvalue weighted by atomic mass is 16.4. The predicted octanol–water partition coefficient (Wildman–Crippen LogP) is 0.146. The van der Waals surface area contributed by atoms with Crippen LogP contribution in [-0.4, -0.2) is 55.3 Å². The molecular weight excluding hydrogens is 276 g/mol. The van der Waals surface area contributed by atoms with E-state index in [1.807, 2.05) is 0 Å². The van der Waals surface area contributed by atoms with Crippen LogP contribution in [-0.2, 0) is 13.1 Å². The van der Waals surface area contributed by atoms with Crippen LogP contribution in [0.25, 0.3) is 0 Å². The van der Waals surface area contributed by atoms with Gasteiger partial charge in [0.2, 0.25) is 0 Å². The van der Waals surface area contributed by atoms with Crippen molar-refractivity contribution >= 4 is 12.0 Å². The molecule has 0 atom stereocenters. The molecule has 0 bridgehead atoms. The van der Waals surface area contributed by atoms with Crippen LogP contribution in [0.3, 0.4) is 0 Å². The molecule has 0 aromatic carbocycles. The first-order chi connectivity index (χ1) is 10.1. The summed E-state index contributed by atoms with van der Waals surface area (Å²) in [6, 6.07) is -0.213. The van der Waals surface area contributed by atoms with Gasteiger partial charge in [0.25, 0.3) is 0 Å². The topological polar surface area (TPSA) is 116 Å². The third-order valence-corrected chi connectivity index (χ3v) is 2.82. The Kier molecular flexibility index (Phi) is 4.54. The molecule has 2 aromatic heterocycles. The van der Waals surface area contributed by atoms with Crippen LogP contribution in [0.15, 0.2) is 24.9 Å². The van der Waals surface area contributed by atoms with E-state index >= 15 is 0 Å². The van der Waals surface area contributed by atoms with Crippen molar-refractivity contribution in [2.24, 2.45) is 0 Å². The Bertz CT molecular complexity index is 606. The second kappa shape index (κ2) is 6.55. The number of H-pyrrole nitrogens is 1. The van der Waals surface area contributed by atoms with Crippen LogP contribution in [0.5, 0.6) is 0 Å². The number of aromatic carboxylic acids is 1. The van der Waals surface area contributed by atoms with Crippen molar-refractivity contribution in [3.8, 4) is 0 Å². The normalized spacial score (nSPS) is 10.3. The number of amides is 2. The molecule has 0 aliphatic rings. The van der Waals surface area contributed by atoms with Crippen LogP contribution in [0.2, 0.25) is 0 Å². The van der Waals surface area contributed by atoms with E-state index in [-0.39, 0.29) is 11.7 Å². The Hall–Kier alpha value is -2.84. The lowest BCUT2D eigenvalue weighted by molar-refractivity contribution is 0.0691. The molecule has 0 spiro atoms. The molecule has 2 amide bonds. The lowest BCUT2D eigenvalue weighted by Crippen LogP contribution is -2.38. The van der Waals surface area contributed by atoms with Gasteiger partial charge in [0.05, 0.1) is 19.1 Å². The molecule has 0 saturated carbocycles. The second-order valence-corrected chi connectivity index (χ2v) is 4.50. The number of hydrogen-bond donors (Lipinski definition) is 3. The number of urea groups is 1. The van der Waals surface area contributed by atoms with Gasteiger partial charge in [-0.2, -0.15) is 5.10 Å². The van der Waals surface area contributed by atoms with Gasteiger partial charge >= 0.3 is 12.0 Å². The summed E-state index contributed by atoms with van der Waals surface area (Å²) >= 11 is 0. The summed E-state index contributed by atoms with van der Waals surface area (Å²) in [5.74, 6) is -1.07. The molecule has 9 heteroatoms. The van der Waals surface area contributed by atoms with Gasteiger partial charge in [-0.15, -0.1) is 0 Å². The maximum Gasteiger partial charge on any atom is 0.356 e. The predicted molar refractivity (Wildman–Crippen MR) is 72.6 cm³/mol. The highest BCUT2D eigenvalue weighted by Crippen LogP contribution is 1.99. The highest BCUT2D eigenvalue weighted by molar-refractivity contribution is 5.84. The quantitative estimate of drug-likeness (QED) is 0.700. The van der Waals surface area contributed by atoms with Crippen LogP contribution in [0, 0.1) is 0 Å². The van der Waals surface area contributed by atoms with E-state index in [1.165, 1.54) is 17.4 Å². The number of carbonyl (C=O) groups excluding carboxylic acids is 1. The first kappa shape index (κ1) is 14.6. The van der Waals surface area contributed by atoms with Gasteiger partial charge in [0.15, 0.2) is 5.69 Å². The number of nitrogens with one attached hydrogen (secondary N) is 2. The Balaban J connectivity index is 1.74. The van der Waals surface area contributed by atoms with E-state index in [1.54, 1.807) is 24.0 Å². The van der Waals surface area contributed by atoms with Gasteiger partial charge in [-0.25, -0.2) is 14.6 Å². The Morgan fingerprint density at radius 2 is 2.33 bits per heavy atom. The summed E-state index contributed by atoms with van der Waals surface area (Å²) in [5, 5.41) is 18.0. The summed E-state index contributed by atoms with van der Waals surface area (Å²) in [4.78, 5) is 27.8. The van der Waals surface area contributed by atoms with E-state index in [2.05, 4.69) is 20.5 Å². The minimum Gasteiger partial charge on any atom is -0.476 e. The fraction of sp³-hybridized carbons (Fsp3) is 0.333. The van der Waals surface area contributed by atoms with Gasteiger partial charge in [-0.3, -0.25) is 5.10 Å². The zero-order chi connectivity index (χ0) is 15.2. The standard InChI is InChI=1S/C12H16N6O3/c1-17(6-9-4-15-16-5-9)12(21)13-2-3-18-7-10(11(19)20)14-8-18/h4-5,7-8H,2-3,6H2,1H3,(H,13,21)(H,15,16)(H,19,20). The maximum absolute atomic E-state index is 11.8. The number of aromatic amines is 1. The fourth-order valence-electron chi connectivity index (χ4n) is 1.73. The number of nitrogens with zero attached hydrogens (tertiary/aromatic N) is 4. The Morgan fingerprint density at radius 1 is 1.52 bits per heavy atom. The molecular formula is C12H16N6O3. The molecule has 9 nitrogen and oxygen atoms in total. The van der Waals surface area contributed by atoms with Crippen LogP contribution < -0.4 is 5.32 Å². The summed E-state index contributed by atoms with van der Waals surface area (Å²) < 4.78 is 1.61. The average Bonchev–Trinajstić information content (AvgIpc) is 3.09. The van der Waals surface area contributed by atoms with Crippen molar-refractivity contribution in [1.82, 2.24) is 30.0 Å². The first-order valence-electron chi connectivity index (χ1n) is 6.28. The molecule has 2 heterocycles. The van der Waals surface area contributed by atoms with Crippen molar-refractivity contribution in [2.45, 2.75) is 13.1 Å². The number of aromatic nitrogens is 4. The number of hydrogen-bond acceptors (Lipinski definition) is 4. The number of carboxylic acids is 1. The molecule has 21 heavy (non-hydrogen) atoms. The molecule has 2 rings (SSSR count). The summed E-state index contributed by atoms with van der Waals surface area (Å²) in [5.41, 5.74) is 0.895. The molecule has 3 N–H and O–H groups in total. The molecule has 0 radical (unpaired) electrons. The van der Waals surface area contributed by atoms with Crippen molar-refractivity contribution in [2.75, 3.05) is 13.6 Å². The third kappa shape index (κ3) is 4.06. The molecule has 0 aliphatic carbocycles. The van der Waals surface area contributed by atoms with Crippen LogP contribution >= 0.6 is 0 Å². The maximum atomic E-state index is 11.8. The number of imidazole rings is 1. The van der Waals surface area contributed by atoms with E-state index < -0.39 is 5.97 Å². The number of carboxylic acid groups (broad SMARTS) is 1. The molecule has 2 aromatic rings. The molecule has 112 valence electrons. The lowest BCUT2D eigenvalue weighted by Gasteiger charge is -2.17. The largest absolute Gasteiger partial charge is 0.476 e. The third-order valence-electron chi connectivity index (χ3n) is 2.82. The van der Waals surface area contributed by atoms with Crippen molar-refractivity contribution in [3.63, 3.8) is 0 Å². The minimum absolute atomic E-state index is 0.0154. The number of rotatable bonds is 6. The Labute approximate surface area is 120 Å². The second-order valence-electron chi connectivity index (χ2n) is 4.50. The summed E-state index contributed by atoms with van der Waals surface area (Å²) in [6.45, 7) is 1.28. The molecule has 0 aliphatic heterocycles. The number of carbonyl (C=O) groups is 2. The van der Waals surface area contributed by atoms with E-state index in [4.69, 9.17) is 5.11 Å². The minimum atomic E-state index is -1.07. The zero-order valence-electron chi connectivity index (χ0n) is 11.5. The summed E-state index contributed by atoms with van der Waals surface area (Å²) in [7, 11) is 1.68. The van der Waals surface area contributed by atoms with Gasteiger partial charge < -0.3 is 19.9 Å². The molecule has 0 unspecified atom stereocenters.